The number of hydrogen-bond acceptors (Lipinski definition) is 3. The van der Waals surface area contributed by atoms with Crippen molar-refractivity contribution in [2.24, 2.45) is 0 Å². The highest BCUT2D eigenvalue weighted by molar-refractivity contribution is 5.51. The number of alkyl halides is 3. The van der Waals surface area contributed by atoms with Crippen LogP contribution in [0, 0.1) is 12.7 Å². The predicted octanol–water partition coefficient (Wildman–Crippen LogP) is 3.92. The third-order valence-electron chi connectivity index (χ3n) is 2.60. The molecule has 0 unspecified atom stereocenters. The van der Waals surface area contributed by atoms with Crippen LogP contribution >= 0.6 is 0 Å². The third-order valence-corrected chi connectivity index (χ3v) is 2.60. The minimum Gasteiger partial charge on any atom is -0.436 e. The van der Waals surface area contributed by atoms with E-state index in [0.29, 0.717) is 11.8 Å². The lowest BCUT2D eigenvalue weighted by molar-refractivity contribution is -0.137. The number of rotatable bonds is 2. The second kappa shape index (κ2) is 4.99. The van der Waals surface area contributed by atoms with Crippen LogP contribution in [0.5, 0.6) is 11.6 Å². The normalized spacial score (nSPS) is 11.4. The van der Waals surface area contributed by atoms with Crippen molar-refractivity contribution in [1.82, 2.24) is 4.98 Å². The quantitative estimate of drug-likeness (QED) is 0.672. The number of nitrogens with two attached hydrogens (primary N) is 1. The largest absolute Gasteiger partial charge is 0.436 e. The first-order valence-corrected chi connectivity index (χ1v) is 5.54. The lowest BCUT2D eigenvalue weighted by atomic mass is 10.2. The van der Waals surface area contributed by atoms with Gasteiger partial charge in [-0.2, -0.15) is 13.2 Å². The van der Waals surface area contributed by atoms with Crippen molar-refractivity contribution in [1.29, 1.82) is 0 Å². The Morgan fingerprint density at radius 1 is 1.20 bits per heavy atom. The van der Waals surface area contributed by atoms with Gasteiger partial charge in [-0.15, -0.1) is 0 Å². The molecule has 0 atom stereocenters. The Balaban J connectivity index is 2.25. The van der Waals surface area contributed by atoms with Gasteiger partial charge in [0.2, 0.25) is 5.88 Å². The summed E-state index contributed by atoms with van der Waals surface area (Å²) in [6.45, 7) is 1.65. The molecule has 3 nitrogen and oxygen atoms in total. The van der Waals surface area contributed by atoms with E-state index in [0.717, 1.165) is 18.2 Å². The molecule has 106 valence electrons. The van der Waals surface area contributed by atoms with Gasteiger partial charge in [0.05, 0.1) is 5.56 Å². The van der Waals surface area contributed by atoms with Crippen LogP contribution in [0.15, 0.2) is 30.5 Å². The number of aromatic nitrogens is 1. The van der Waals surface area contributed by atoms with Gasteiger partial charge in [0.25, 0.3) is 0 Å². The van der Waals surface area contributed by atoms with Crippen LogP contribution in [0.2, 0.25) is 0 Å². The number of nitrogen functional groups attached to an aromatic ring is 1. The van der Waals surface area contributed by atoms with Crippen LogP contribution in [0.4, 0.5) is 23.2 Å². The number of halogens is 4. The Morgan fingerprint density at radius 3 is 2.45 bits per heavy atom. The topological polar surface area (TPSA) is 48.1 Å². The average Bonchev–Trinajstić information content (AvgIpc) is 2.35. The van der Waals surface area contributed by atoms with E-state index in [1.54, 1.807) is 6.92 Å². The Kier molecular flexibility index (Phi) is 3.52. The SMILES string of the molecule is Cc1cc(Oc2ccc(C(F)(F)F)cn2)c(F)cc1N. The minimum absolute atomic E-state index is 0.138. The van der Waals surface area contributed by atoms with E-state index in [9.17, 15) is 17.6 Å². The van der Waals surface area contributed by atoms with E-state index >= 15 is 0 Å². The lowest BCUT2D eigenvalue weighted by Crippen LogP contribution is -2.05. The highest BCUT2D eigenvalue weighted by Gasteiger charge is 2.30. The molecule has 20 heavy (non-hydrogen) atoms. The van der Waals surface area contributed by atoms with E-state index < -0.39 is 17.6 Å². The summed E-state index contributed by atoms with van der Waals surface area (Å²) in [4.78, 5) is 3.49. The van der Waals surface area contributed by atoms with Gasteiger partial charge in [-0.25, -0.2) is 9.37 Å². The number of hydrogen-bond donors (Lipinski definition) is 1. The van der Waals surface area contributed by atoms with E-state index in [2.05, 4.69) is 4.98 Å². The summed E-state index contributed by atoms with van der Waals surface area (Å²) in [5.74, 6) is -1.00. The number of anilines is 1. The molecule has 1 aromatic carbocycles. The molecule has 0 fully saturated rings. The molecular weight excluding hydrogens is 276 g/mol. The maximum absolute atomic E-state index is 13.6. The van der Waals surface area contributed by atoms with Gasteiger partial charge in [0, 0.05) is 24.0 Å². The molecule has 0 aliphatic heterocycles. The Bertz CT molecular complexity index is 624. The molecule has 0 aliphatic carbocycles. The Morgan fingerprint density at radius 2 is 1.90 bits per heavy atom. The van der Waals surface area contributed by atoms with Gasteiger partial charge >= 0.3 is 6.18 Å². The van der Waals surface area contributed by atoms with Gasteiger partial charge in [0.15, 0.2) is 11.6 Å². The Labute approximate surface area is 112 Å². The van der Waals surface area contributed by atoms with Crippen molar-refractivity contribution in [3.05, 3.63) is 47.4 Å². The molecule has 7 heteroatoms. The van der Waals surface area contributed by atoms with E-state index in [4.69, 9.17) is 10.5 Å². The fourth-order valence-electron chi connectivity index (χ4n) is 1.47. The zero-order valence-corrected chi connectivity index (χ0v) is 10.3. The van der Waals surface area contributed by atoms with Crippen molar-refractivity contribution in [3.63, 3.8) is 0 Å². The molecule has 0 saturated heterocycles. The van der Waals surface area contributed by atoms with Crippen LogP contribution in [-0.2, 0) is 6.18 Å². The number of aryl methyl sites for hydroxylation is 1. The zero-order chi connectivity index (χ0) is 14.9. The maximum atomic E-state index is 13.6. The monoisotopic (exact) mass is 286 g/mol. The standard InChI is InChI=1S/C13H10F4N2O/c1-7-4-11(9(14)5-10(7)18)20-12-3-2-8(6-19-12)13(15,16)17/h2-6H,18H2,1H3. The smallest absolute Gasteiger partial charge is 0.417 e. The van der Waals surface area contributed by atoms with E-state index in [1.807, 2.05) is 0 Å². The van der Waals surface area contributed by atoms with Crippen LogP contribution in [0.25, 0.3) is 0 Å². The molecule has 1 heterocycles. The predicted molar refractivity (Wildman–Crippen MR) is 64.9 cm³/mol. The summed E-state index contributed by atoms with van der Waals surface area (Å²) >= 11 is 0. The Hall–Kier alpha value is -2.31. The summed E-state index contributed by atoms with van der Waals surface area (Å²) in [7, 11) is 0. The van der Waals surface area contributed by atoms with Crippen molar-refractivity contribution >= 4 is 5.69 Å². The first-order chi connectivity index (χ1) is 9.27. The van der Waals surface area contributed by atoms with Crippen molar-refractivity contribution in [2.75, 3.05) is 5.73 Å². The maximum Gasteiger partial charge on any atom is 0.417 e. The summed E-state index contributed by atoms with van der Waals surface area (Å²) in [6.07, 6.45) is -3.86. The van der Waals surface area contributed by atoms with Gasteiger partial charge in [0.1, 0.15) is 0 Å². The van der Waals surface area contributed by atoms with Crippen LogP contribution in [0.3, 0.4) is 0 Å². The first kappa shape index (κ1) is 14.1. The molecule has 0 spiro atoms. The average molecular weight is 286 g/mol. The molecule has 0 bridgehead atoms. The summed E-state index contributed by atoms with van der Waals surface area (Å²) in [5.41, 5.74) is 5.46. The molecule has 1 aromatic heterocycles. The summed E-state index contributed by atoms with van der Waals surface area (Å²) in [5, 5.41) is 0. The zero-order valence-electron chi connectivity index (χ0n) is 10.3. The molecule has 0 amide bonds. The third kappa shape index (κ3) is 2.98. The van der Waals surface area contributed by atoms with Gasteiger partial charge < -0.3 is 10.5 Å². The van der Waals surface area contributed by atoms with Crippen LogP contribution < -0.4 is 10.5 Å². The molecule has 2 aromatic rings. The highest BCUT2D eigenvalue weighted by atomic mass is 19.4. The minimum atomic E-state index is -4.48. The molecule has 0 saturated carbocycles. The number of benzene rings is 1. The first-order valence-electron chi connectivity index (χ1n) is 5.54. The van der Waals surface area contributed by atoms with Crippen molar-refractivity contribution < 1.29 is 22.3 Å². The second-order valence-corrected chi connectivity index (χ2v) is 4.12. The number of pyridine rings is 1. The number of ether oxygens (including phenoxy) is 1. The van der Waals surface area contributed by atoms with Crippen molar-refractivity contribution in [2.45, 2.75) is 13.1 Å². The molecular formula is C13H10F4N2O. The fraction of sp³-hybridized carbons (Fsp3) is 0.154. The highest BCUT2D eigenvalue weighted by Crippen LogP contribution is 2.31. The summed E-state index contributed by atoms with van der Waals surface area (Å²) in [6, 6.07) is 4.26. The van der Waals surface area contributed by atoms with Gasteiger partial charge in [-0.05, 0) is 24.6 Å². The molecule has 2 N–H and O–H groups in total. The molecule has 0 aliphatic rings. The van der Waals surface area contributed by atoms with Crippen LogP contribution in [0.1, 0.15) is 11.1 Å². The van der Waals surface area contributed by atoms with Crippen molar-refractivity contribution in [3.8, 4) is 11.6 Å². The van der Waals surface area contributed by atoms with E-state index in [1.165, 1.54) is 6.07 Å². The van der Waals surface area contributed by atoms with Crippen LogP contribution in [-0.4, -0.2) is 4.98 Å². The lowest BCUT2D eigenvalue weighted by Gasteiger charge is -2.10. The summed E-state index contributed by atoms with van der Waals surface area (Å²) < 4.78 is 55.7. The van der Waals surface area contributed by atoms with Gasteiger partial charge in [-0.1, -0.05) is 0 Å². The molecule has 0 radical (unpaired) electrons. The van der Waals surface area contributed by atoms with E-state index in [-0.39, 0.29) is 17.3 Å². The second-order valence-electron chi connectivity index (χ2n) is 4.12. The van der Waals surface area contributed by atoms with Gasteiger partial charge in [-0.3, -0.25) is 0 Å². The fourth-order valence-corrected chi connectivity index (χ4v) is 1.47. The number of nitrogens with zero attached hydrogens (tertiary/aromatic N) is 1. The molecule has 2 rings (SSSR count).